The van der Waals surface area contributed by atoms with Crippen LogP contribution in [-0.4, -0.2) is 18.7 Å². The number of hydrogen-bond acceptors (Lipinski definition) is 3. The predicted molar refractivity (Wildman–Crippen MR) is 83.5 cm³/mol. The van der Waals surface area contributed by atoms with Crippen molar-refractivity contribution < 1.29 is 0 Å². The zero-order valence-electron chi connectivity index (χ0n) is 11.6. The molecule has 0 amide bonds. The van der Waals surface area contributed by atoms with Gasteiger partial charge in [0.1, 0.15) is 0 Å². The van der Waals surface area contributed by atoms with Crippen LogP contribution in [-0.2, 0) is 20.6 Å². The molecular formula is C14H13BrN4O2. The lowest BCUT2D eigenvalue weighted by Gasteiger charge is -2.08. The fourth-order valence-corrected chi connectivity index (χ4v) is 2.57. The van der Waals surface area contributed by atoms with Gasteiger partial charge in [-0.2, -0.15) is 0 Å². The van der Waals surface area contributed by atoms with E-state index >= 15 is 0 Å². The third kappa shape index (κ3) is 2.23. The highest BCUT2D eigenvalue weighted by molar-refractivity contribution is 9.10. The number of aryl methyl sites for hydroxylation is 2. The van der Waals surface area contributed by atoms with Crippen molar-refractivity contribution in [3.63, 3.8) is 0 Å². The van der Waals surface area contributed by atoms with Crippen molar-refractivity contribution in [2.45, 2.75) is 6.54 Å². The molecule has 0 saturated carbocycles. The van der Waals surface area contributed by atoms with Crippen LogP contribution in [0.25, 0.3) is 11.2 Å². The van der Waals surface area contributed by atoms with E-state index in [0.29, 0.717) is 11.2 Å². The number of fused-ring (bicyclic) bond motifs is 1. The van der Waals surface area contributed by atoms with E-state index in [9.17, 15) is 9.59 Å². The molecule has 2 heterocycles. The molecule has 0 fully saturated rings. The summed E-state index contributed by atoms with van der Waals surface area (Å²) in [7, 11) is 3.36. The van der Waals surface area contributed by atoms with E-state index in [1.54, 1.807) is 18.7 Å². The molecule has 0 aliphatic rings. The van der Waals surface area contributed by atoms with Gasteiger partial charge in [0.2, 0.25) is 0 Å². The third-order valence-electron chi connectivity index (χ3n) is 3.45. The van der Waals surface area contributed by atoms with Crippen LogP contribution in [0.4, 0.5) is 0 Å². The fourth-order valence-electron chi connectivity index (χ4n) is 2.31. The first kappa shape index (κ1) is 13.8. The van der Waals surface area contributed by atoms with Gasteiger partial charge in [0.05, 0.1) is 12.9 Å². The molecule has 1 aromatic carbocycles. The summed E-state index contributed by atoms with van der Waals surface area (Å²) in [5.41, 5.74) is 1.03. The minimum atomic E-state index is -0.367. The number of benzene rings is 1. The Morgan fingerprint density at radius 3 is 2.48 bits per heavy atom. The second kappa shape index (κ2) is 5.00. The fraction of sp³-hybridized carbons (Fsp3) is 0.214. The van der Waals surface area contributed by atoms with Crippen LogP contribution in [0.15, 0.2) is 44.7 Å². The Morgan fingerprint density at radius 1 is 1.14 bits per heavy atom. The van der Waals surface area contributed by atoms with Gasteiger partial charge in [-0.25, -0.2) is 9.78 Å². The minimum absolute atomic E-state index is 0.236. The standard InChI is InChI=1S/C14H13BrN4O2/c1-17-8-16-12-11(17)13(20)19(14(21)18(12)2)7-9-3-5-10(15)6-4-9/h3-6,8H,7H2,1-2H3. The van der Waals surface area contributed by atoms with Crippen molar-refractivity contribution in [1.29, 1.82) is 0 Å². The van der Waals surface area contributed by atoms with E-state index in [2.05, 4.69) is 20.9 Å². The Labute approximate surface area is 128 Å². The summed E-state index contributed by atoms with van der Waals surface area (Å²) in [6, 6.07) is 7.52. The topological polar surface area (TPSA) is 61.8 Å². The van der Waals surface area contributed by atoms with Gasteiger partial charge in [-0.15, -0.1) is 0 Å². The highest BCUT2D eigenvalue weighted by Crippen LogP contribution is 2.11. The molecule has 3 aromatic rings. The summed E-state index contributed by atoms with van der Waals surface area (Å²) in [5, 5.41) is 0. The van der Waals surface area contributed by atoms with Gasteiger partial charge in [0.25, 0.3) is 5.56 Å². The quantitative estimate of drug-likeness (QED) is 0.700. The largest absolute Gasteiger partial charge is 0.332 e. The zero-order chi connectivity index (χ0) is 15.1. The van der Waals surface area contributed by atoms with Crippen LogP contribution < -0.4 is 11.2 Å². The first-order valence-corrected chi connectivity index (χ1v) is 7.13. The first-order valence-electron chi connectivity index (χ1n) is 6.34. The Hall–Kier alpha value is -2.15. The maximum atomic E-state index is 12.5. The SMILES string of the molecule is Cn1cnc2c1c(=O)n(Cc1ccc(Br)cc1)c(=O)n2C. The summed E-state index contributed by atoms with van der Waals surface area (Å²) in [4.78, 5) is 29.0. The van der Waals surface area contributed by atoms with Gasteiger partial charge < -0.3 is 4.57 Å². The molecule has 0 atom stereocenters. The second-order valence-corrected chi connectivity index (χ2v) is 5.80. The van der Waals surface area contributed by atoms with Crippen molar-refractivity contribution in [1.82, 2.24) is 18.7 Å². The van der Waals surface area contributed by atoms with Gasteiger partial charge in [-0.3, -0.25) is 13.9 Å². The van der Waals surface area contributed by atoms with E-state index in [1.165, 1.54) is 15.5 Å². The molecule has 0 N–H and O–H groups in total. The zero-order valence-corrected chi connectivity index (χ0v) is 13.2. The predicted octanol–water partition coefficient (Wildman–Crippen LogP) is 1.24. The molecule has 0 aliphatic carbocycles. The molecule has 0 bridgehead atoms. The Balaban J connectivity index is 2.23. The second-order valence-electron chi connectivity index (χ2n) is 4.89. The number of rotatable bonds is 2. The van der Waals surface area contributed by atoms with Crippen LogP contribution in [0.5, 0.6) is 0 Å². The van der Waals surface area contributed by atoms with Gasteiger partial charge in [0, 0.05) is 18.6 Å². The van der Waals surface area contributed by atoms with Crippen molar-refractivity contribution in [3.05, 3.63) is 61.5 Å². The number of hydrogen-bond donors (Lipinski definition) is 0. The highest BCUT2D eigenvalue weighted by Gasteiger charge is 2.14. The molecule has 0 unspecified atom stereocenters. The molecule has 0 saturated heterocycles. The number of halogens is 1. The summed E-state index contributed by atoms with van der Waals surface area (Å²) in [6.07, 6.45) is 1.54. The van der Waals surface area contributed by atoms with E-state index in [4.69, 9.17) is 0 Å². The van der Waals surface area contributed by atoms with E-state index in [1.807, 2.05) is 24.3 Å². The van der Waals surface area contributed by atoms with Crippen molar-refractivity contribution in [2.75, 3.05) is 0 Å². The molecule has 0 radical (unpaired) electrons. The van der Waals surface area contributed by atoms with Gasteiger partial charge in [0.15, 0.2) is 11.2 Å². The monoisotopic (exact) mass is 348 g/mol. The van der Waals surface area contributed by atoms with Gasteiger partial charge in [-0.05, 0) is 17.7 Å². The average Bonchev–Trinajstić information content (AvgIpc) is 2.85. The van der Waals surface area contributed by atoms with Crippen molar-refractivity contribution >= 4 is 27.1 Å². The highest BCUT2D eigenvalue weighted by atomic mass is 79.9. The Morgan fingerprint density at radius 2 is 1.81 bits per heavy atom. The maximum Gasteiger partial charge on any atom is 0.332 e. The molecule has 108 valence electrons. The van der Waals surface area contributed by atoms with Gasteiger partial charge in [-0.1, -0.05) is 28.1 Å². The summed E-state index contributed by atoms with van der Waals surface area (Å²) < 4.78 is 5.21. The van der Waals surface area contributed by atoms with Crippen molar-refractivity contribution in [2.24, 2.45) is 14.1 Å². The molecule has 7 heteroatoms. The lowest BCUT2D eigenvalue weighted by atomic mass is 10.2. The first-order chi connectivity index (χ1) is 9.99. The number of aromatic nitrogens is 4. The minimum Gasteiger partial charge on any atom is -0.328 e. The van der Waals surface area contributed by atoms with Crippen LogP contribution >= 0.6 is 15.9 Å². The van der Waals surface area contributed by atoms with E-state index < -0.39 is 0 Å². The summed E-state index contributed by atoms with van der Waals surface area (Å²) >= 11 is 3.36. The van der Waals surface area contributed by atoms with Crippen molar-refractivity contribution in [3.8, 4) is 0 Å². The summed E-state index contributed by atoms with van der Waals surface area (Å²) in [5.74, 6) is 0. The Kier molecular flexibility index (Phi) is 3.29. The van der Waals surface area contributed by atoms with Crippen LogP contribution in [0, 0.1) is 0 Å². The molecule has 0 spiro atoms. The normalized spacial score (nSPS) is 11.2. The van der Waals surface area contributed by atoms with Crippen LogP contribution in [0.1, 0.15) is 5.56 Å². The lowest BCUT2D eigenvalue weighted by molar-refractivity contribution is 0.655. The third-order valence-corrected chi connectivity index (χ3v) is 3.98. The molecule has 0 aliphatic heterocycles. The lowest BCUT2D eigenvalue weighted by Crippen LogP contribution is -2.39. The van der Waals surface area contributed by atoms with Gasteiger partial charge >= 0.3 is 5.69 Å². The Bertz CT molecular complexity index is 934. The maximum absolute atomic E-state index is 12.5. The smallest absolute Gasteiger partial charge is 0.328 e. The number of imidazole rings is 1. The molecule has 2 aromatic heterocycles. The van der Waals surface area contributed by atoms with Crippen LogP contribution in [0.2, 0.25) is 0 Å². The van der Waals surface area contributed by atoms with E-state index in [0.717, 1.165) is 10.0 Å². The summed E-state index contributed by atoms with van der Waals surface area (Å²) in [6.45, 7) is 0.236. The van der Waals surface area contributed by atoms with E-state index in [-0.39, 0.29) is 17.8 Å². The number of nitrogens with zero attached hydrogens (tertiary/aromatic N) is 4. The molecule has 3 rings (SSSR count). The molecular weight excluding hydrogens is 336 g/mol. The van der Waals surface area contributed by atoms with Crippen LogP contribution in [0.3, 0.4) is 0 Å². The molecule has 6 nitrogen and oxygen atoms in total. The molecule has 21 heavy (non-hydrogen) atoms. The average molecular weight is 349 g/mol.